The molecular formula is C43H45N2O3Si+. The van der Waals surface area contributed by atoms with Crippen LogP contribution in [-0.4, -0.2) is 42.7 Å². The molecule has 7 rings (SSSR count). The van der Waals surface area contributed by atoms with Crippen molar-refractivity contribution in [1.29, 1.82) is 0 Å². The Morgan fingerprint density at radius 3 is 1.78 bits per heavy atom. The van der Waals surface area contributed by atoms with E-state index in [-0.39, 0.29) is 11.9 Å². The number of hydrogen-bond acceptors (Lipinski definition) is 3. The predicted octanol–water partition coefficient (Wildman–Crippen LogP) is 8.32. The highest BCUT2D eigenvalue weighted by Crippen LogP contribution is 2.51. The van der Waals surface area contributed by atoms with E-state index in [0.29, 0.717) is 5.56 Å². The van der Waals surface area contributed by atoms with Crippen LogP contribution < -0.4 is 4.90 Å². The molecule has 0 aromatic heterocycles. The van der Waals surface area contributed by atoms with Gasteiger partial charge in [-0.1, -0.05) is 140 Å². The molecule has 49 heavy (non-hydrogen) atoms. The zero-order valence-electron chi connectivity index (χ0n) is 28.5. The lowest BCUT2D eigenvalue weighted by atomic mass is 9.78. The normalized spacial score (nSPS) is 23.7. The highest BCUT2D eigenvalue weighted by Gasteiger charge is 2.62. The molecule has 0 bridgehead atoms. The van der Waals surface area contributed by atoms with Crippen molar-refractivity contribution in [2.75, 3.05) is 11.4 Å². The lowest BCUT2D eigenvalue weighted by molar-refractivity contribution is -0.560. The lowest BCUT2D eigenvalue weighted by Gasteiger charge is -2.42. The van der Waals surface area contributed by atoms with Crippen LogP contribution in [0.3, 0.4) is 0 Å². The number of aliphatic hydroxyl groups is 1. The third-order valence-electron chi connectivity index (χ3n) is 10.0. The number of hydrogen-bond donors (Lipinski definition) is 1. The van der Waals surface area contributed by atoms with Crippen LogP contribution in [-0.2, 0) is 20.4 Å². The van der Waals surface area contributed by atoms with E-state index >= 15 is 0 Å². The molecule has 6 heteroatoms. The van der Waals surface area contributed by atoms with Crippen LogP contribution in [0.5, 0.6) is 0 Å². The minimum absolute atomic E-state index is 0.0821. The Kier molecular flexibility index (Phi) is 8.97. The number of carbonyl (C=O) groups excluding carboxylic acids is 1. The predicted molar refractivity (Wildman–Crippen MR) is 199 cm³/mol. The van der Waals surface area contributed by atoms with E-state index in [1.807, 2.05) is 83.8 Å². The summed E-state index contributed by atoms with van der Waals surface area (Å²) in [5.41, 5.74) is 1.96. The SMILES string of the molecule is C[Si](C)(C)OC(c1ccccc1)(c1ccccc1)[C@@H]1CCC[N+]1=C[C@@H]1[C@@H](c2ccccc2)N(c2ccccc2)C(=O)[C@]1(O)c1ccccc1. The van der Waals surface area contributed by atoms with Gasteiger partial charge in [0.15, 0.2) is 25.6 Å². The number of nitrogens with zero attached hydrogens (tertiary/aromatic N) is 2. The molecular weight excluding hydrogens is 621 g/mol. The standard InChI is InChI=1S/C43H45N2O3Si/c1-49(2,3)48-43(35-24-13-6-14-25-35,36-26-15-7-16-27-36)39-30-19-31-44(39)32-38-40(33-20-9-4-10-21-33)45(37-28-17-8-18-29-37)41(46)42(38,47)34-22-11-5-12-23-34/h4-18,20-29,32,38-40,47H,19,30-31H2,1-3H3/q+1/t38-,39+,40-,42+/m1/s1. The van der Waals surface area contributed by atoms with Gasteiger partial charge in [-0.2, -0.15) is 0 Å². The topological polar surface area (TPSA) is 52.8 Å². The van der Waals surface area contributed by atoms with E-state index in [2.05, 4.69) is 103 Å². The molecule has 2 aliphatic rings. The Morgan fingerprint density at radius 1 is 0.755 bits per heavy atom. The van der Waals surface area contributed by atoms with E-state index in [1.165, 1.54) is 0 Å². The molecule has 2 fully saturated rings. The second-order valence-corrected chi connectivity index (χ2v) is 18.7. The van der Waals surface area contributed by atoms with Crippen LogP contribution in [0.25, 0.3) is 0 Å². The van der Waals surface area contributed by atoms with Crippen molar-refractivity contribution >= 4 is 26.1 Å². The molecule has 4 atom stereocenters. The number of benzene rings is 5. The van der Waals surface area contributed by atoms with E-state index in [9.17, 15) is 9.90 Å². The van der Waals surface area contributed by atoms with Gasteiger partial charge in [0.2, 0.25) is 0 Å². The number of carbonyl (C=O) groups is 1. The second kappa shape index (κ2) is 13.4. The molecule has 0 saturated carbocycles. The molecule has 0 aliphatic carbocycles. The minimum Gasteiger partial charge on any atom is -0.399 e. The molecule has 0 radical (unpaired) electrons. The average molecular weight is 666 g/mol. The molecule has 1 N–H and O–H groups in total. The summed E-state index contributed by atoms with van der Waals surface area (Å²) in [5, 5.41) is 13.1. The first-order valence-electron chi connectivity index (χ1n) is 17.4. The fraction of sp³-hybridized carbons (Fsp3) is 0.256. The maximum atomic E-state index is 14.9. The summed E-state index contributed by atoms with van der Waals surface area (Å²) in [4.78, 5) is 16.7. The maximum Gasteiger partial charge on any atom is 0.265 e. The van der Waals surface area contributed by atoms with Gasteiger partial charge in [0.25, 0.3) is 5.91 Å². The Hall–Kier alpha value is -4.62. The van der Waals surface area contributed by atoms with Gasteiger partial charge in [-0.15, -0.1) is 0 Å². The minimum atomic E-state index is -2.17. The molecule has 248 valence electrons. The lowest BCUT2D eigenvalue weighted by Crippen LogP contribution is -2.53. The van der Waals surface area contributed by atoms with Gasteiger partial charge in [0.05, 0.1) is 6.04 Å². The molecule has 0 spiro atoms. The van der Waals surface area contributed by atoms with Crippen LogP contribution in [0.2, 0.25) is 19.6 Å². The van der Waals surface area contributed by atoms with Crippen LogP contribution in [0, 0.1) is 5.92 Å². The number of amides is 1. The third kappa shape index (κ3) is 5.99. The van der Waals surface area contributed by atoms with Crippen molar-refractivity contribution in [3.8, 4) is 0 Å². The monoisotopic (exact) mass is 665 g/mol. The largest absolute Gasteiger partial charge is 0.399 e. The summed E-state index contributed by atoms with van der Waals surface area (Å²) in [6, 6.07) is 50.1. The maximum absolute atomic E-state index is 14.9. The molecule has 0 unspecified atom stereocenters. The van der Waals surface area contributed by atoms with Gasteiger partial charge < -0.3 is 14.4 Å². The van der Waals surface area contributed by atoms with Gasteiger partial charge >= 0.3 is 0 Å². The number of para-hydroxylation sites is 1. The van der Waals surface area contributed by atoms with Crippen molar-refractivity contribution in [2.24, 2.45) is 5.92 Å². The Balaban J connectivity index is 1.48. The molecule has 5 aromatic carbocycles. The van der Waals surface area contributed by atoms with Gasteiger partial charge in [0, 0.05) is 18.5 Å². The zero-order chi connectivity index (χ0) is 34.1. The summed E-state index contributed by atoms with van der Waals surface area (Å²) in [7, 11) is -2.17. The van der Waals surface area contributed by atoms with E-state index in [0.717, 1.165) is 41.8 Å². The van der Waals surface area contributed by atoms with E-state index < -0.39 is 31.5 Å². The second-order valence-electron chi connectivity index (χ2n) is 14.3. The molecule has 5 nitrogen and oxygen atoms in total. The van der Waals surface area contributed by atoms with Gasteiger partial charge in [-0.05, 0) is 54.0 Å². The summed E-state index contributed by atoms with van der Waals surface area (Å²) in [5.74, 6) is -0.937. The van der Waals surface area contributed by atoms with E-state index in [4.69, 9.17) is 4.43 Å². The molecule has 2 aliphatic heterocycles. The van der Waals surface area contributed by atoms with Gasteiger partial charge in [-0.3, -0.25) is 4.79 Å². The highest BCUT2D eigenvalue weighted by molar-refractivity contribution is 6.69. The third-order valence-corrected chi connectivity index (χ3v) is 11.0. The molecule has 2 heterocycles. The summed E-state index contributed by atoms with van der Waals surface area (Å²) >= 11 is 0. The smallest absolute Gasteiger partial charge is 0.265 e. The van der Waals surface area contributed by atoms with Crippen molar-refractivity contribution < 1.29 is 18.9 Å². The summed E-state index contributed by atoms with van der Waals surface area (Å²) in [6.07, 6.45) is 4.05. The highest BCUT2D eigenvalue weighted by atomic mass is 28.4. The molecule has 2 saturated heterocycles. The van der Waals surface area contributed by atoms with Crippen molar-refractivity contribution in [3.63, 3.8) is 0 Å². The first-order chi connectivity index (χ1) is 23.7. The Bertz CT molecular complexity index is 1860. The summed E-state index contributed by atoms with van der Waals surface area (Å²) < 4.78 is 9.87. The van der Waals surface area contributed by atoms with Gasteiger partial charge in [0.1, 0.15) is 18.7 Å². The average Bonchev–Trinajstić information content (AvgIpc) is 3.69. The summed E-state index contributed by atoms with van der Waals surface area (Å²) in [6.45, 7) is 7.54. The van der Waals surface area contributed by atoms with Crippen LogP contribution in [0.4, 0.5) is 5.69 Å². The molecule has 1 amide bonds. The fourth-order valence-corrected chi connectivity index (χ4v) is 9.45. The zero-order valence-corrected chi connectivity index (χ0v) is 29.5. The number of rotatable bonds is 9. The Morgan fingerprint density at radius 2 is 1.24 bits per heavy atom. The van der Waals surface area contributed by atoms with Crippen LogP contribution >= 0.6 is 0 Å². The Labute approximate surface area is 291 Å². The molecule has 5 aromatic rings. The fourth-order valence-electron chi connectivity index (χ4n) is 8.11. The van der Waals surface area contributed by atoms with E-state index in [1.54, 1.807) is 0 Å². The van der Waals surface area contributed by atoms with Gasteiger partial charge in [-0.25, -0.2) is 4.58 Å². The first kappa shape index (κ1) is 32.9. The van der Waals surface area contributed by atoms with Crippen molar-refractivity contribution in [3.05, 3.63) is 174 Å². The van der Waals surface area contributed by atoms with Crippen LogP contribution in [0.15, 0.2) is 152 Å². The quantitative estimate of drug-likeness (QED) is 0.127. The number of anilines is 1. The van der Waals surface area contributed by atoms with Crippen LogP contribution in [0.1, 0.15) is 41.1 Å². The van der Waals surface area contributed by atoms with Crippen molar-refractivity contribution in [1.82, 2.24) is 0 Å². The first-order valence-corrected chi connectivity index (χ1v) is 20.8. The van der Waals surface area contributed by atoms with Crippen molar-refractivity contribution in [2.45, 2.75) is 55.8 Å².